The van der Waals surface area contributed by atoms with Crippen LogP contribution in [0.4, 0.5) is 28.4 Å². The quantitative estimate of drug-likeness (QED) is 0.204. The molecule has 0 saturated carbocycles. The molecule has 0 bridgehead atoms. The van der Waals surface area contributed by atoms with Crippen molar-refractivity contribution in [1.29, 1.82) is 0 Å². The summed E-state index contributed by atoms with van der Waals surface area (Å²) in [7, 11) is 0. The molecule has 234 valence electrons. The first-order valence-corrected chi connectivity index (χ1v) is 17.0. The van der Waals surface area contributed by atoms with Crippen molar-refractivity contribution < 1.29 is 0 Å². The van der Waals surface area contributed by atoms with E-state index >= 15 is 0 Å². The molecule has 1 aliphatic heterocycles. The number of hydrogen-bond donors (Lipinski definition) is 1. The van der Waals surface area contributed by atoms with Crippen LogP contribution >= 0.6 is 0 Å². The molecule has 0 radical (unpaired) electrons. The second-order valence-corrected chi connectivity index (χ2v) is 12.9. The third-order valence-corrected chi connectivity index (χ3v) is 10.0. The van der Waals surface area contributed by atoms with E-state index in [0.29, 0.717) is 0 Å². The Morgan fingerprint density at radius 3 is 2.08 bits per heavy atom. The molecular weight excluding hydrogens is 607 g/mol. The molecule has 1 aromatic heterocycles. The lowest BCUT2D eigenvalue weighted by Gasteiger charge is -2.27. The standard InChI is InChI=1S/C47H31N3/c1-2-12-37(13-3-1)50(46-17-6-10-31-9-4-5-14-40(31)46)38-22-20-32(21-23-38)39-24-25-44-47-41(39)15-7-16-42(47)43-28-34-19-18-33(35-11-8-26-48-30-35)27-36(34)29-45(43)49-44/h1-30,49H. The molecular formula is C47H31N3. The second-order valence-electron chi connectivity index (χ2n) is 12.9. The van der Waals surface area contributed by atoms with Gasteiger partial charge in [0.2, 0.25) is 0 Å². The molecule has 50 heavy (non-hydrogen) atoms. The summed E-state index contributed by atoms with van der Waals surface area (Å²) >= 11 is 0. The van der Waals surface area contributed by atoms with Gasteiger partial charge in [0, 0.05) is 57.0 Å². The van der Waals surface area contributed by atoms with Crippen LogP contribution in [0.2, 0.25) is 0 Å². The third-order valence-electron chi connectivity index (χ3n) is 10.0. The lowest BCUT2D eigenvalue weighted by Crippen LogP contribution is -2.10. The molecule has 0 amide bonds. The van der Waals surface area contributed by atoms with E-state index in [1.807, 2.05) is 18.5 Å². The van der Waals surface area contributed by atoms with E-state index in [1.54, 1.807) is 0 Å². The zero-order valence-electron chi connectivity index (χ0n) is 27.2. The van der Waals surface area contributed by atoms with Crippen molar-refractivity contribution in [3.63, 3.8) is 0 Å². The Morgan fingerprint density at radius 2 is 1.20 bits per heavy atom. The molecule has 0 fully saturated rings. The van der Waals surface area contributed by atoms with Crippen molar-refractivity contribution >= 4 is 60.8 Å². The number of fused-ring (bicyclic) bond motifs is 4. The van der Waals surface area contributed by atoms with Gasteiger partial charge in [0.05, 0.1) is 5.69 Å². The van der Waals surface area contributed by atoms with Crippen LogP contribution in [0.3, 0.4) is 0 Å². The summed E-state index contributed by atoms with van der Waals surface area (Å²) in [5, 5.41) is 11.2. The average Bonchev–Trinajstić information content (AvgIpc) is 3.18. The molecule has 0 saturated heterocycles. The molecule has 9 aromatic rings. The van der Waals surface area contributed by atoms with E-state index in [0.717, 1.165) is 34.0 Å². The Bertz CT molecular complexity index is 2710. The predicted molar refractivity (Wildman–Crippen MR) is 211 cm³/mol. The van der Waals surface area contributed by atoms with E-state index in [-0.39, 0.29) is 0 Å². The predicted octanol–water partition coefficient (Wildman–Crippen LogP) is 13.1. The van der Waals surface area contributed by atoms with E-state index in [2.05, 4.69) is 179 Å². The lowest BCUT2D eigenvalue weighted by molar-refractivity contribution is 1.30. The minimum atomic E-state index is 1.12. The van der Waals surface area contributed by atoms with Gasteiger partial charge in [-0.1, -0.05) is 109 Å². The van der Waals surface area contributed by atoms with Crippen molar-refractivity contribution in [2.45, 2.75) is 0 Å². The maximum atomic E-state index is 4.32. The zero-order chi connectivity index (χ0) is 33.0. The van der Waals surface area contributed by atoms with Crippen LogP contribution in [0.25, 0.3) is 65.7 Å². The number of hydrogen-bond acceptors (Lipinski definition) is 3. The van der Waals surface area contributed by atoms with E-state index < -0.39 is 0 Å². The van der Waals surface area contributed by atoms with E-state index in [1.165, 1.54) is 60.1 Å². The summed E-state index contributed by atoms with van der Waals surface area (Å²) in [5.74, 6) is 0. The third kappa shape index (κ3) is 4.63. The molecule has 10 rings (SSSR count). The fourth-order valence-corrected chi connectivity index (χ4v) is 7.67. The molecule has 0 spiro atoms. The van der Waals surface area contributed by atoms with Gasteiger partial charge in [-0.3, -0.25) is 4.98 Å². The van der Waals surface area contributed by atoms with Gasteiger partial charge >= 0.3 is 0 Å². The molecule has 8 aromatic carbocycles. The number of nitrogens with zero attached hydrogens (tertiary/aromatic N) is 2. The highest BCUT2D eigenvalue weighted by molar-refractivity contribution is 6.17. The fourth-order valence-electron chi connectivity index (χ4n) is 7.67. The molecule has 1 N–H and O–H groups in total. The summed E-state index contributed by atoms with van der Waals surface area (Å²) < 4.78 is 0. The van der Waals surface area contributed by atoms with Crippen molar-refractivity contribution in [3.05, 3.63) is 182 Å². The molecule has 0 aliphatic carbocycles. The van der Waals surface area contributed by atoms with Gasteiger partial charge in [-0.15, -0.1) is 0 Å². The smallest absolute Gasteiger partial charge is 0.0540 e. The van der Waals surface area contributed by atoms with Gasteiger partial charge in [0.1, 0.15) is 0 Å². The minimum Gasteiger partial charge on any atom is -0.354 e. The first-order chi connectivity index (χ1) is 24.8. The SMILES string of the molecule is c1ccc(N(c2ccc(-c3ccc4c5c(cccc35)-c3cc5ccc(-c6cccnc6)cc5cc3N4)cc2)c2cccc3ccccc23)cc1. The summed E-state index contributed by atoms with van der Waals surface area (Å²) in [5.41, 5.74) is 12.9. The maximum Gasteiger partial charge on any atom is 0.0540 e. The number of rotatable bonds is 5. The Kier molecular flexibility index (Phi) is 6.49. The van der Waals surface area contributed by atoms with Crippen molar-refractivity contribution in [2.24, 2.45) is 0 Å². The summed E-state index contributed by atoms with van der Waals surface area (Å²) in [6, 6.07) is 61.4. The van der Waals surface area contributed by atoms with Crippen LogP contribution in [0, 0.1) is 0 Å². The maximum absolute atomic E-state index is 4.32. The number of anilines is 5. The van der Waals surface area contributed by atoms with Crippen LogP contribution in [0.5, 0.6) is 0 Å². The zero-order valence-corrected chi connectivity index (χ0v) is 27.2. The minimum absolute atomic E-state index is 1.12. The Morgan fingerprint density at radius 1 is 0.420 bits per heavy atom. The normalized spacial score (nSPS) is 11.8. The monoisotopic (exact) mass is 637 g/mol. The highest BCUT2D eigenvalue weighted by Crippen LogP contribution is 2.48. The second kappa shape index (κ2) is 11.5. The van der Waals surface area contributed by atoms with Crippen molar-refractivity contribution in [2.75, 3.05) is 10.2 Å². The van der Waals surface area contributed by atoms with Gasteiger partial charge < -0.3 is 10.2 Å². The first kappa shape index (κ1) is 28.3. The molecule has 3 nitrogen and oxygen atoms in total. The summed E-state index contributed by atoms with van der Waals surface area (Å²) in [6.45, 7) is 0. The first-order valence-electron chi connectivity index (χ1n) is 17.0. The number of benzene rings is 8. The van der Waals surface area contributed by atoms with E-state index in [9.17, 15) is 0 Å². The van der Waals surface area contributed by atoms with Crippen LogP contribution in [0.1, 0.15) is 0 Å². The van der Waals surface area contributed by atoms with Gasteiger partial charge in [-0.2, -0.15) is 0 Å². The average molecular weight is 638 g/mol. The van der Waals surface area contributed by atoms with Gasteiger partial charge in [-0.05, 0) is 104 Å². The lowest BCUT2D eigenvalue weighted by atomic mass is 9.87. The van der Waals surface area contributed by atoms with Gasteiger partial charge in [-0.25, -0.2) is 0 Å². The molecule has 0 atom stereocenters. The van der Waals surface area contributed by atoms with Crippen LogP contribution in [0.15, 0.2) is 182 Å². The highest BCUT2D eigenvalue weighted by Gasteiger charge is 2.21. The summed E-state index contributed by atoms with van der Waals surface area (Å²) in [4.78, 5) is 6.68. The number of pyridine rings is 1. The van der Waals surface area contributed by atoms with Crippen LogP contribution < -0.4 is 10.2 Å². The molecule has 3 heteroatoms. The van der Waals surface area contributed by atoms with Crippen molar-refractivity contribution in [3.8, 4) is 33.4 Å². The summed E-state index contributed by atoms with van der Waals surface area (Å²) in [6.07, 6.45) is 3.74. The molecule has 0 unspecified atom stereocenters. The molecule has 2 heterocycles. The van der Waals surface area contributed by atoms with Crippen LogP contribution in [-0.4, -0.2) is 4.98 Å². The van der Waals surface area contributed by atoms with Crippen molar-refractivity contribution in [1.82, 2.24) is 4.98 Å². The number of aromatic nitrogens is 1. The Hall–Kier alpha value is -6.71. The topological polar surface area (TPSA) is 28.2 Å². The largest absolute Gasteiger partial charge is 0.354 e. The highest BCUT2D eigenvalue weighted by atomic mass is 15.1. The fraction of sp³-hybridized carbons (Fsp3) is 0. The Labute approximate surface area is 290 Å². The van der Waals surface area contributed by atoms with Gasteiger partial charge in [0.15, 0.2) is 0 Å². The number of para-hydroxylation sites is 1. The van der Waals surface area contributed by atoms with Gasteiger partial charge in [0.25, 0.3) is 0 Å². The Balaban J connectivity index is 1.06. The number of nitrogens with one attached hydrogen (secondary N) is 1. The van der Waals surface area contributed by atoms with E-state index in [4.69, 9.17) is 0 Å². The van der Waals surface area contributed by atoms with Crippen LogP contribution in [-0.2, 0) is 0 Å². The molecule has 1 aliphatic rings.